The average molecular weight is 265 g/mol. The summed E-state index contributed by atoms with van der Waals surface area (Å²) in [5.74, 6) is 0.0619. The largest absolute Gasteiger partial charge is 0.289 e. The zero-order valence-corrected chi connectivity index (χ0v) is 11.6. The quantitative estimate of drug-likeness (QED) is 0.727. The number of ketones is 1. The lowest BCUT2D eigenvalue weighted by Gasteiger charge is -2.05. The lowest BCUT2D eigenvalue weighted by atomic mass is 9.99. The molecule has 1 nitrogen and oxygen atoms in total. The van der Waals surface area contributed by atoms with Gasteiger partial charge in [0.05, 0.1) is 0 Å². The third kappa shape index (κ3) is 2.43. The van der Waals surface area contributed by atoms with Gasteiger partial charge in [0, 0.05) is 25.9 Å². The fourth-order valence-electron chi connectivity index (χ4n) is 1.84. The van der Waals surface area contributed by atoms with Crippen molar-refractivity contribution in [2.24, 2.45) is 0 Å². The van der Waals surface area contributed by atoms with Crippen molar-refractivity contribution < 1.29 is 4.79 Å². The van der Waals surface area contributed by atoms with Crippen molar-refractivity contribution in [3.8, 4) is 0 Å². The van der Waals surface area contributed by atoms with E-state index in [0.717, 1.165) is 20.9 Å². The molecule has 0 atom stereocenters. The van der Waals surface area contributed by atoms with E-state index < -0.39 is 0 Å². The van der Waals surface area contributed by atoms with E-state index in [9.17, 15) is 4.79 Å². The highest BCUT2D eigenvalue weighted by Crippen LogP contribution is 2.25. The minimum Gasteiger partial charge on any atom is -0.289 e. The number of hydrogen-bond donors (Lipinski definition) is 0. The fourth-order valence-corrected chi connectivity index (χ4v) is 2.93. The minimum atomic E-state index is 0.0619. The van der Waals surface area contributed by atoms with Gasteiger partial charge in [0.25, 0.3) is 0 Å². The molecule has 0 spiro atoms. The number of benzene rings is 1. The third-order valence-corrected chi connectivity index (χ3v) is 3.93. The first-order valence-corrected chi connectivity index (χ1v) is 6.56. The predicted octanol–water partition coefficient (Wildman–Crippen LogP) is 4.56. The molecule has 0 N–H and O–H groups in total. The topological polar surface area (TPSA) is 17.1 Å². The second-order valence-electron chi connectivity index (χ2n) is 4.12. The smallest absolute Gasteiger partial charge is 0.194 e. The molecule has 0 unspecified atom stereocenters. The normalized spacial score (nSPS) is 10.6. The molecule has 3 heteroatoms. The Bertz CT molecular complexity index is 584. The Labute approximate surface area is 110 Å². The Morgan fingerprint density at radius 2 is 1.82 bits per heavy atom. The van der Waals surface area contributed by atoms with Crippen LogP contribution >= 0.6 is 22.9 Å². The number of carbonyl (C=O) groups is 1. The van der Waals surface area contributed by atoms with Crippen LogP contribution in [-0.4, -0.2) is 5.78 Å². The summed E-state index contributed by atoms with van der Waals surface area (Å²) in [6, 6.07) is 7.37. The zero-order valence-electron chi connectivity index (χ0n) is 10.0. The number of aryl methyl sites for hydroxylation is 3. The van der Waals surface area contributed by atoms with Gasteiger partial charge >= 0.3 is 0 Å². The summed E-state index contributed by atoms with van der Waals surface area (Å²) < 4.78 is 0. The van der Waals surface area contributed by atoms with Crippen LogP contribution in [0.2, 0.25) is 5.02 Å². The number of halogens is 1. The monoisotopic (exact) mass is 264 g/mol. The van der Waals surface area contributed by atoms with Gasteiger partial charge in [-0.25, -0.2) is 0 Å². The van der Waals surface area contributed by atoms with E-state index in [4.69, 9.17) is 11.6 Å². The van der Waals surface area contributed by atoms with E-state index in [1.165, 1.54) is 0 Å². The van der Waals surface area contributed by atoms with E-state index in [1.807, 2.05) is 32.9 Å². The second kappa shape index (κ2) is 4.63. The highest BCUT2D eigenvalue weighted by atomic mass is 35.5. The molecule has 0 aliphatic carbocycles. The lowest BCUT2D eigenvalue weighted by Crippen LogP contribution is -2.03. The maximum Gasteiger partial charge on any atom is 0.194 e. The van der Waals surface area contributed by atoms with Crippen molar-refractivity contribution in [1.29, 1.82) is 0 Å². The van der Waals surface area contributed by atoms with Crippen LogP contribution in [0.3, 0.4) is 0 Å². The molecule has 17 heavy (non-hydrogen) atoms. The Balaban J connectivity index is 2.50. The first-order valence-electron chi connectivity index (χ1n) is 5.37. The zero-order chi connectivity index (χ0) is 12.6. The van der Waals surface area contributed by atoms with Crippen LogP contribution in [0, 0.1) is 20.8 Å². The summed E-state index contributed by atoms with van der Waals surface area (Å²) in [6.07, 6.45) is 0. The third-order valence-electron chi connectivity index (χ3n) is 2.73. The van der Waals surface area contributed by atoms with Gasteiger partial charge in [0.2, 0.25) is 0 Å². The number of hydrogen-bond acceptors (Lipinski definition) is 2. The van der Waals surface area contributed by atoms with Gasteiger partial charge in [0.1, 0.15) is 0 Å². The summed E-state index contributed by atoms with van der Waals surface area (Å²) >= 11 is 7.59. The van der Waals surface area contributed by atoms with E-state index in [1.54, 1.807) is 23.5 Å². The maximum atomic E-state index is 12.4. The number of thiophene rings is 1. The minimum absolute atomic E-state index is 0.0619. The molecule has 2 rings (SSSR count). The van der Waals surface area contributed by atoms with Crippen LogP contribution in [-0.2, 0) is 0 Å². The molecule has 0 aliphatic rings. The van der Waals surface area contributed by atoms with Gasteiger partial charge in [-0.3, -0.25) is 4.79 Å². The molecule has 0 saturated carbocycles. The molecule has 0 amide bonds. The molecule has 0 saturated heterocycles. The molecule has 0 bridgehead atoms. The van der Waals surface area contributed by atoms with Crippen molar-refractivity contribution >= 4 is 28.7 Å². The molecule has 0 aliphatic heterocycles. The van der Waals surface area contributed by atoms with Gasteiger partial charge < -0.3 is 0 Å². The van der Waals surface area contributed by atoms with E-state index in [2.05, 4.69) is 0 Å². The van der Waals surface area contributed by atoms with Crippen LogP contribution in [0.15, 0.2) is 24.3 Å². The summed E-state index contributed by atoms with van der Waals surface area (Å²) in [5, 5.41) is 0.601. The Morgan fingerprint density at radius 1 is 1.12 bits per heavy atom. The molecular weight excluding hydrogens is 252 g/mol. The molecule has 88 valence electrons. The van der Waals surface area contributed by atoms with Crippen molar-refractivity contribution in [2.45, 2.75) is 20.8 Å². The fraction of sp³-hybridized carbons (Fsp3) is 0.214. The number of rotatable bonds is 2. The Kier molecular flexibility index (Phi) is 3.36. The first-order chi connectivity index (χ1) is 7.99. The molecule has 1 heterocycles. The van der Waals surface area contributed by atoms with Crippen molar-refractivity contribution in [3.05, 3.63) is 55.7 Å². The standard InChI is InChI=1S/C14H13ClOS/c1-8-4-5-11(15)7-12(8)14(16)13-6-9(2)17-10(13)3/h4-7H,1-3H3. The highest BCUT2D eigenvalue weighted by molar-refractivity contribution is 7.12. The lowest BCUT2D eigenvalue weighted by molar-refractivity contribution is 0.103. The number of carbonyl (C=O) groups excluding carboxylic acids is 1. The summed E-state index contributed by atoms with van der Waals surface area (Å²) in [6.45, 7) is 5.92. The molecule has 0 radical (unpaired) electrons. The average Bonchev–Trinajstić information content (AvgIpc) is 2.60. The van der Waals surface area contributed by atoms with Crippen LogP contribution < -0.4 is 0 Å². The van der Waals surface area contributed by atoms with Gasteiger partial charge in [-0.2, -0.15) is 0 Å². The van der Waals surface area contributed by atoms with Gasteiger partial charge in [-0.1, -0.05) is 17.7 Å². The molecular formula is C14H13ClOS. The Morgan fingerprint density at radius 3 is 2.41 bits per heavy atom. The van der Waals surface area contributed by atoms with Crippen LogP contribution in [0.25, 0.3) is 0 Å². The Hall–Kier alpha value is -1.12. The van der Waals surface area contributed by atoms with E-state index in [0.29, 0.717) is 10.6 Å². The molecule has 2 aromatic rings. The van der Waals surface area contributed by atoms with E-state index >= 15 is 0 Å². The SMILES string of the molecule is Cc1cc(C(=O)c2cc(Cl)ccc2C)c(C)s1. The summed E-state index contributed by atoms with van der Waals surface area (Å²) in [4.78, 5) is 14.6. The van der Waals surface area contributed by atoms with Crippen LogP contribution in [0.1, 0.15) is 31.2 Å². The maximum absolute atomic E-state index is 12.4. The van der Waals surface area contributed by atoms with Crippen molar-refractivity contribution in [3.63, 3.8) is 0 Å². The first kappa shape index (κ1) is 12.3. The predicted molar refractivity (Wildman–Crippen MR) is 73.4 cm³/mol. The van der Waals surface area contributed by atoms with E-state index in [-0.39, 0.29) is 5.78 Å². The molecule has 1 aromatic carbocycles. The van der Waals surface area contributed by atoms with Gasteiger partial charge in [0.15, 0.2) is 5.78 Å². The van der Waals surface area contributed by atoms with Crippen molar-refractivity contribution in [2.75, 3.05) is 0 Å². The molecule has 0 fully saturated rings. The van der Waals surface area contributed by atoms with Crippen molar-refractivity contribution in [1.82, 2.24) is 0 Å². The molecule has 1 aromatic heterocycles. The van der Waals surface area contributed by atoms with Gasteiger partial charge in [-0.15, -0.1) is 11.3 Å². The highest BCUT2D eigenvalue weighted by Gasteiger charge is 2.16. The summed E-state index contributed by atoms with van der Waals surface area (Å²) in [5.41, 5.74) is 2.44. The summed E-state index contributed by atoms with van der Waals surface area (Å²) in [7, 11) is 0. The van der Waals surface area contributed by atoms with Crippen LogP contribution in [0.4, 0.5) is 0 Å². The second-order valence-corrected chi connectivity index (χ2v) is 6.01. The van der Waals surface area contributed by atoms with Crippen LogP contribution in [0.5, 0.6) is 0 Å². The van der Waals surface area contributed by atoms with Gasteiger partial charge in [-0.05, 0) is 44.5 Å².